The average Bonchev–Trinajstić information content (AvgIpc) is 2.04. The lowest BCUT2D eigenvalue weighted by atomic mass is 10.2. The number of alkyl halides is 1. The summed E-state index contributed by atoms with van der Waals surface area (Å²) in [5, 5.41) is 2.86. The summed E-state index contributed by atoms with van der Waals surface area (Å²) in [6.07, 6.45) is -0.151. The number of carbonyl (C=O) groups is 2. The molecule has 0 rings (SSSR count). The molecule has 13 heavy (non-hydrogen) atoms. The van der Waals surface area contributed by atoms with E-state index in [9.17, 15) is 9.59 Å². The van der Waals surface area contributed by atoms with Crippen LogP contribution in [0, 0.1) is 0 Å². The number of alkyl carbamates (subject to hydrolysis) is 1. The molecule has 0 aromatic carbocycles. The number of amides is 1. The third-order valence-corrected chi connectivity index (χ3v) is 1.95. The highest BCUT2D eigenvalue weighted by atomic mass is 79.9. The van der Waals surface area contributed by atoms with Crippen molar-refractivity contribution in [1.82, 2.24) is 5.32 Å². The monoisotopic (exact) mass is 251 g/mol. The predicted molar refractivity (Wildman–Crippen MR) is 53.0 cm³/mol. The molecule has 1 unspecified atom stereocenters. The van der Waals surface area contributed by atoms with Gasteiger partial charge < -0.3 is 10.1 Å². The van der Waals surface area contributed by atoms with Crippen molar-refractivity contribution < 1.29 is 14.3 Å². The van der Waals surface area contributed by atoms with Crippen molar-refractivity contribution in [3.8, 4) is 0 Å². The van der Waals surface area contributed by atoms with Gasteiger partial charge in [-0.3, -0.25) is 4.79 Å². The summed E-state index contributed by atoms with van der Waals surface area (Å²) in [5.74, 6) is 0.0595. The fourth-order valence-corrected chi connectivity index (χ4v) is 1.05. The topological polar surface area (TPSA) is 55.4 Å². The molecule has 1 N–H and O–H groups in total. The third-order valence-electron chi connectivity index (χ3n) is 1.32. The fourth-order valence-electron chi connectivity index (χ4n) is 0.821. The first-order valence-corrected chi connectivity index (χ1v) is 5.23. The second-order valence-corrected chi connectivity index (χ2v) is 3.20. The molecule has 0 spiro atoms. The van der Waals surface area contributed by atoms with Gasteiger partial charge in [-0.05, 0) is 13.8 Å². The first-order chi connectivity index (χ1) is 6.10. The van der Waals surface area contributed by atoms with Crippen LogP contribution in [0.25, 0.3) is 0 Å². The molecule has 1 atom stereocenters. The summed E-state index contributed by atoms with van der Waals surface area (Å²) >= 11 is 3.05. The van der Waals surface area contributed by atoms with Crippen LogP contribution in [0.4, 0.5) is 4.79 Å². The minimum absolute atomic E-state index is 0.0595. The van der Waals surface area contributed by atoms with E-state index < -0.39 is 6.09 Å². The molecule has 0 saturated heterocycles. The predicted octanol–water partition coefficient (Wildman–Crippen LogP) is 1.48. The maximum absolute atomic E-state index is 10.9. The van der Waals surface area contributed by atoms with E-state index in [-0.39, 0.29) is 11.8 Å². The van der Waals surface area contributed by atoms with Crippen LogP contribution in [0.5, 0.6) is 0 Å². The quantitative estimate of drug-likeness (QED) is 0.754. The van der Waals surface area contributed by atoms with Crippen molar-refractivity contribution in [2.45, 2.75) is 26.3 Å². The van der Waals surface area contributed by atoms with Gasteiger partial charge in [-0.25, -0.2) is 4.79 Å². The van der Waals surface area contributed by atoms with Gasteiger partial charge >= 0.3 is 6.09 Å². The molecule has 0 bridgehead atoms. The van der Waals surface area contributed by atoms with Gasteiger partial charge in [0.1, 0.15) is 5.78 Å². The van der Waals surface area contributed by atoms with E-state index in [1.807, 2.05) is 0 Å². The summed E-state index contributed by atoms with van der Waals surface area (Å²) in [4.78, 5) is 21.8. The molecule has 1 amide bonds. The Morgan fingerprint density at radius 2 is 2.15 bits per heavy atom. The number of nitrogens with one attached hydrogen (secondary N) is 1. The van der Waals surface area contributed by atoms with Crippen LogP contribution in [-0.4, -0.2) is 29.9 Å². The van der Waals surface area contributed by atoms with E-state index in [0.717, 1.165) is 0 Å². The molecule has 0 saturated carbocycles. The molecule has 76 valence electrons. The molecular formula is C8H14BrNO3. The number of hydrogen-bond donors (Lipinski definition) is 1. The highest BCUT2D eigenvalue weighted by molar-refractivity contribution is 9.09. The zero-order chi connectivity index (χ0) is 10.3. The number of Topliss-reactive ketones (excluding diaryl/α,β-unsaturated/α-hetero) is 1. The van der Waals surface area contributed by atoms with Crippen LogP contribution in [0.2, 0.25) is 0 Å². The number of halogens is 1. The van der Waals surface area contributed by atoms with E-state index >= 15 is 0 Å². The molecule has 0 radical (unpaired) electrons. The number of ketones is 1. The van der Waals surface area contributed by atoms with E-state index in [0.29, 0.717) is 18.4 Å². The van der Waals surface area contributed by atoms with E-state index in [2.05, 4.69) is 26.0 Å². The Bertz CT molecular complexity index is 184. The molecule has 5 heteroatoms. The molecule has 0 aromatic rings. The van der Waals surface area contributed by atoms with Crippen molar-refractivity contribution in [1.29, 1.82) is 0 Å². The Hall–Kier alpha value is -0.580. The lowest BCUT2D eigenvalue weighted by molar-refractivity contribution is -0.116. The fraction of sp³-hybridized carbons (Fsp3) is 0.750. The molecule has 0 fully saturated rings. The lowest BCUT2D eigenvalue weighted by Crippen LogP contribution is -2.34. The molecule has 0 aliphatic carbocycles. The van der Waals surface area contributed by atoms with Crippen LogP contribution in [-0.2, 0) is 9.53 Å². The maximum atomic E-state index is 10.9. The average molecular weight is 252 g/mol. The number of carbonyl (C=O) groups excluding carboxylic acids is 2. The van der Waals surface area contributed by atoms with Crippen LogP contribution in [0.15, 0.2) is 0 Å². The summed E-state index contributed by atoms with van der Waals surface area (Å²) in [5.41, 5.74) is 0. The maximum Gasteiger partial charge on any atom is 0.407 e. The van der Waals surface area contributed by atoms with Gasteiger partial charge in [-0.15, -0.1) is 0 Å². The largest absolute Gasteiger partial charge is 0.450 e. The molecule has 0 heterocycles. The van der Waals surface area contributed by atoms with Gasteiger partial charge in [0.25, 0.3) is 0 Å². The molecular weight excluding hydrogens is 238 g/mol. The Morgan fingerprint density at radius 3 is 2.62 bits per heavy atom. The van der Waals surface area contributed by atoms with E-state index in [1.165, 1.54) is 0 Å². The van der Waals surface area contributed by atoms with Crippen LogP contribution in [0.1, 0.15) is 20.3 Å². The number of ether oxygens (including phenoxy) is 1. The summed E-state index contributed by atoms with van der Waals surface area (Å²) in [6.45, 7) is 3.83. The van der Waals surface area contributed by atoms with Gasteiger partial charge in [0.15, 0.2) is 0 Å². The van der Waals surface area contributed by atoms with Crippen molar-refractivity contribution in [3.05, 3.63) is 0 Å². The molecule has 4 nitrogen and oxygen atoms in total. The molecule has 0 aromatic heterocycles. The summed E-state index contributed by atoms with van der Waals surface area (Å²) in [7, 11) is 0. The second kappa shape index (κ2) is 6.88. The Kier molecular flexibility index (Phi) is 6.58. The number of rotatable bonds is 5. The van der Waals surface area contributed by atoms with Gasteiger partial charge in [0.2, 0.25) is 0 Å². The number of hydrogen-bond acceptors (Lipinski definition) is 3. The first-order valence-electron chi connectivity index (χ1n) is 4.11. The molecule has 0 aliphatic rings. The van der Waals surface area contributed by atoms with Crippen LogP contribution >= 0.6 is 15.9 Å². The SMILES string of the molecule is CCOC(=O)NC(C)CC(=O)CBr. The summed E-state index contributed by atoms with van der Waals surface area (Å²) in [6, 6.07) is -0.177. The minimum Gasteiger partial charge on any atom is -0.450 e. The zero-order valence-electron chi connectivity index (χ0n) is 7.80. The van der Waals surface area contributed by atoms with Crippen LogP contribution < -0.4 is 5.32 Å². The Balaban J connectivity index is 3.67. The Morgan fingerprint density at radius 1 is 1.54 bits per heavy atom. The van der Waals surface area contributed by atoms with Crippen molar-refractivity contribution >= 4 is 27.8 Å². The second-order valence-electron chi connectivity index (χ2n) is 2.64. The van der Waals surface area contributed by atoms with Crippen molar-refractivity contribution in [2.75, 3.05) is 11.9 Å². The van der Waals surface area contributed by atoms with Crippen LogP contribution in [0.3, 0.4) is 0 Å². The Labute approximate surface area is 86.1 Å². The van der Waals surface area contributed by atoms with Crippen molar-refractivity contribution in [3.63, 3.8) is 0 Å². The van der Waals surface area contributed by atoms with Gasteiger partial charge in [0.05, 0.1) is 11.9 Å². The van der Waals surface area contributed by atoms with Gasteiger partial charge in [0, 0.05) is 12.5 Å². The smallest absolute Gasteiger partial charge is 0.407 e. The standard InChI is InChI=1S/C8H14BrNO3/c1-3-13-8(12)10-6(2)4-7(11)5-9/h6H,3-5H2,1-2H3,(H,10,12). The van der Waals surface area contributed by atoms with Gasteiger partial charge in [-0.1, -0.05) is 15.9 Å². The highest BCUT2D eigenvalue weighted by Crippen LogP contribution is 1.95. The van der Waals surface area contributed by atoms with Crippen molar-refractivity contribution in [2.24, 2.45) is 0 Å². The summed E-state index contributed by atoms with van der Waals surface area (Å²) < 4.78 is 4.65. The molecule has 0 aliphatic heterocycles. The normalized spacial score (nSPS) is 11.9. The zero-order valence-corrected chi connectivity index (χ0v) is 9.39. The highest BCUT2D eigenvalue weighted by Gasteiger charge is 2.10. The minimum atomic E-state index is -0.475. The van der Waals surface area contributed by atoms with Gasteiger partial charge in [-0.2, -0.15) is 0 Å². The first kappa shape index (κ1) is 12.4. The third kappa shape index (κ3) is 6.57. The van der Waals surface area contributed by atoms with E-state index in [1.54, 1.807) is 13.8 Å². The van der Waals surface area contributed by atoms with E-state index in [4.69, 9.17) is 0 Å². The lowest BCUT2D eigenvalue weighted by Gasteiger charge is -2.11.